The minimum atomic E-state index is 0.524. The lowest BCUT2D eigenvalue weighted by molar-refractivity contribution is 0.0862. The average molecular weight is 268 g/mol. The normalized spacial score (nSPS) is 29.7. The summed E-state index contributed by atoms with van der Waals surface area (Å²) in [7, 11) is 2.32. The molecule has 1 rings (SSSR count). The predicted molar refractivity (Wildman–Crippen MR) is 85.6 cm³/mol. The van der Waals surface area contributed by atoms with Crippen molar-refractivity contribution in [2.75, 3.05) is 33.2 Å². The van der Waals surface area contributed by atoms with E-state index in [-0.39, 0.29) is 0 Å². The van der Waals surface area contributed by atoms with Crippen LogP contribution in [0.3, 0.4) is 0 Å². The highest BCUT2D eigenvalue weighted by atomic mass is 15.1. The molecule has 0 radical (unpaired) electrons. The van der Waals surface area contributed by atoms with Crippen LogP contribution in [0.4, 0.5) is 0 Å². The molecule has 0 aromatic heterocycles. The molecule has 0 amide bonds. The molecule has 0 bridgehead atoms. The standard InChI is InChI=1S/C17H36N2/c1-6-15(3)12-19(5)14-17(13-18-7-2)10-8-9-16(4)11-17/h15-16,18H,6-14H2,1-5H3. The average Bonchev–Trinajstić information content (AvgIpc) is 2.36. The summed E-state index contributed by atoms with van der Waals surface area (Å²) in [4.78, 5) is 2.59. The van der Waals surface area contributed by atoms with Gasteiger partial charge in [-0.25, -0.2) is 0 Å². The van der Waals surface area contributed by atoms with Gasteiger partial charge in [0.25, 0.3) is 0 Å². The Balaban J connectivity index is 2.57. The number of nitrogens with zero attached hydrogens (tertiary/aromatic N) is 1. The van der Waals surface area contributed by atoms with Crippen LogP contribution < -0.4 is 5.32 Å². The first kappa shape index (κ1) is 17.0. The van der Waals surface area contributed by atoms with Gasteiger partial charge in [-0.3, -0.25) is 0 Å². The fourth-order valence-electron chi connectivity index (χ4n) is 3.82. The first-order chi connectivity index (χ1) is 9.01. The van der Waals surface area contributed by atoms with E-state index in [1.54, 1.807) is 0 Å². The minimum absolute atomic E-state index is 0.524. The molecule has 19 heavy (non-hydrogen) atoms. The number of hydrogen-bond acceptors (Lipinski definition) is 2. The molecular weight excluding hydrogens is 232 g/mol. The Morgan fingerprint density at radius 3 is 2.68 bits per heavy atom. The number of hydrogen-bond donors (Lipinski definition) is 1. The van der Waals surface area contributed by atoms with Crippen molar-refractivity contribution in [2.24, 2.45) is 17.3 Å². The summed E-state index contributed by atoms with van der Waals surface area (Å²) in [6.07, 6.45) is 6.97. The SMILES string of the molecule is CCNCC1(CN(C)CC(C)CC)CCCC(C)C1. The van der Waals surface area contributed by atoms with Crippen LogP contribution in [0, 0.1) is 17.3 Å². The van der Waals surface area contributed by atoms with Gasteiger partial charge in [0.2, 0.25) is 0 Å². The molecule has 0 aromatic rings. The maximum Gasteiger partial charge on any atom is 0.00473 e. The molecule has 114 valence electrons. The monoisotopic (exact) mass is 268 g/mol. The van der Waals surface area contributed by atoms with E-state index in [0.29, 0.717) is 5.41 Å². The predicted octanol–water partition coefficient (Wildman–Crippen LogP) is 3.77. The first-order valence-corrected chi connectivity index (χ1v) is 8.40. The Hall–Kier alpha value is -0.0800. The summed E-state index contributed by atoms with van der Waals surface area (Å²) in [6, 6.07) is 0. The molecule has 1 fully saturated rings. The van der Waals surface area contributed by atoms with Crippen molar-refractivity contribution in [3.8, 4) is 0 Å². The highest BCUT2D eigenvalue weighted by Crippen LogP contribution is 2.39. The summed E-state index contributed by atoms with van der Waals surface area (Å²) >= 11 is 0. The molecule has 1 aliphatic rings. The van der Waals surface area contributed by atoms with Gasteiger partial charge in [0.05, 0.1) is 0 Å². The molecule has 3 atom stereocenters. The van der Waals surface area contributed by atoms with E-state index in [4.69, 9.17) is 0 Å². The van der Waals surface area contributed by atoms with Crippen LogP contribution in [-0.2, 0) is 0 Å². The minimum Gasteiger partial charge on any atom is -0.316 e. The van der Waals surface area contributed by atoms with E-state index in [1.165, 1.54) is 51.7 Å². The van der Waals surface area contributed by atoms with E-state index < -0.39 is 0 Å². The second-order valence-corrected chi connectivity index (χ2v) is 7.19. The van der Waals surface area contributed by atoms with Crippen molar-refractivity contribution in [3.63, 3.8) is 0 Å². The maximum absolute atomic E-state index is 3.63. The van der Waals surface area contributed by atoms with E-state index >= 15 is 0 Å². The molecule has 0 heterocycles. The lowest BCUT2D eigenvalue weighted by Gasteiger charge is -2.43. The second-order valence-electron chi connectivity index (χ2n) is 7.19. The lowest BCUT2D eigenvalue weighted by Crippen LogP contribution is -2.46. The van der Waals surface area contributed by atoms with Crippen molar-refractivity contribution in [2.45, 2.75) is 59.8 Å². The fourth-order valence-corrected chi connectivity index (χ4v) is 3.82. The van der Waals surface area contributed by atoms with Gasteiger partial charge in [-0.05, 0) is 43.7 Å². The fraction of sp³-hybridized carbons (Fsp3) is 1.00. The Kier molecular flexibility index (Phi) is 7.38. The molecule has 0 aromatic carbocycles. The molecule has 2 nitrogen and oxygen atoms in total. The van der Waals surface area contributed by atoms with Crippen LogP contribution in [0.25, 0.3) is 0 Å². The highest BCUT2D eigenvalue weighted by molar-refractivity contribution is 4.89. The van der Waals surface area contributed by atoms with Gasteiger partial charge in [0, 0.05) is 19.6 Å². The quantitative estimate of drug-likeness (QED) is 0.721. The van der Waals surface area contributed by atoms with Crippen molar-refractivity contribution in [1.82, 2.24) is 10.2 Å². The van der Waals surface area contributed by atoms with Crippen molar-refractivity contribution in [1.29, 1.82) is 0 Å². The maximum atomic E-state index is 3.63. The van der Waals surface area contributed by atoms with Gasteiger partial charge in [0.1, 0.15) is 0 Å². The van der Waals surface area contributed by atoms with Crippen LogP contribution in [0.1, 0.15) is 59.8 Å². The third-order valence-corrected chi connectivity index (χ3v) is 4.86. The Labute approximate surface area is 121 Å². The van der Waals surface area contributed by atoms with Crippen LogP contribution in [0.5, 0.6) is 0 Å². The molecule has 1 saturated carbocycles. The summed E-state index contributed by atoms with van der Waals surface area (Å²) < 4.78 is 0. The van der Waals surface area contributed by atoms with E-state index in [9.17, 15) is 0 Å². The number of rotatable bonds is 8. The third kappa shape index (κ3) is 5.83. The molecular formula is C17H36N2. The highest BCUT2D eigenvalue weighted by Gasteiger charge is 2.35. The van der Waals surface area contributed by atoms with Gasteiger partial charge >= 0.3 is 0 Å². The zero-order valence-electron chi connectivity index (χ0n) is 14.0. The van der Waals surface area contributed by atoms with E-state index in [0.717, 1.165) is 18.4 Å². The third-order valence-electron chi connectivity index (χ3n) is 4.86. The lowest BCUT2D eigenvalue weighted by atomic mass is 9.69. The largest absolute Gasteiger partial charge is 0.316 e. The van der Waals surface area contributed by atoms with Crippen molar-refractivity contribution >= 4 is 0 Å². The van der Waals surface area contributed by atoms with Crippen LogP contribution in [0.2, 0.25) is 0 Å². The Bertz CT molecular complexity index is 241. The molecule has 2 heteroatoms. The topological polar surface area (TPSA) is 15.3 Å². The second kappa shape index (κ2) is 8.26. The van der Waals surface area contributed by atoms with E-state index in [2.05, 4.69) is 45.0 Å². The van der Waals surface area contributed by atoms with Gasteiger partial charge < -0.3 is 10.2 Å². The zero-order valence-corrected chi connectivity index (χ0v) is 14.0. The van der Waals surface area contributed by atoms with E-state index in [1.807, 2.05) is 0 Å². The Morgan fingerprint density at radius 1 is 1.37 bits per heavy atom. The van der Waals surface area contributed by atoms with Crippen LogP contribution in [-0.4, -0.2) is 38.1 Å². The van der Waals surface area contributed by atoms with Crippen molar-refractivity contribution in [3.05, 3.63) is 0 Å². The zero-order chi connectivity index (χ0) is 14.3. The smallest absolute Gasteiger partial charge is 0.00473 e. The summed E-state index contributed by atoms with van der Waals surface area (Å²) in [5, 5.41) is 3.63. The molecule has 3 unspecified atom stereocenters. The first-order valence-electron chi connectivity index (χ1n) is 8.40. The van der Waals surface area contributed by atoms with Gasteiger partial charge in [-0.2, -0.15) is 0 Å². The van der Waals surface area contributed by atoms with Crippen molar-refractivity contribution < 1.29 is 0 Å². The van der Waals surface area contributed by atoms with Gasteiger partial charge in [-0.1, -0.05) is 47.0 Å². The van der Waals surface area contributed by atoms with Crippen LogP contribution >= 0.6 is 0 Å². The molecule has 0 aliphatic heterocycles. The van der Waals surface area contributed by atoms with Gasteiger partial charge in [0.15, 0.2) is 0 Å². The van der Waals surface area contributed by atoms with Crippen LogP contribution in [0.15, 0.2) is 0 Å². The molecule has 0 saturated heterocycles. The Morgan fingerprint density at radius 2 is 2.11 bits per heavy atom. The van der Waals surface area contributed by atoms with Gasteiger partial charge in [-0.15, -0.1) is 0 Å². The molecule has 1 aliphatic carbocycles. The molecule has 0 spiro atoms. The number of nitrogens with one attached hydrogen (secondary N) is 1. The molecule has 1 N–H and O–H groups in total. The summed E-state index contributed by atoms with van der Waals surface area (Å²) in [5.41, 5.74) is 0.524. The summed E-state index contributed by atoms with van der Waals surface area (Å²) in [5.74, 6) is 1.73. The summed E-state index contributed by atoms with van der Waals surface area (Å²) in [6.45, 7) is 14.2.